The number of nitrogens with one attached hydrogen (secondary N) is 1. The largest absolute Gasteiger partial charge is 0.395 e. The van der Waals surface area contributed by atoms with E-state index in [1.807, 2.05) is 6.92 Å². The summed E-state index contributed by atoms with van der Waals surface area (Å²) in [6.07, 6.45) is 7.10. The van der Waals surface area contributed by atoms with E-state index in [9.17, 15) is 4.79 Å². The lowest BCUT2D eigenvalue weighted by Crippen LogP contribution is -2.32. The minimum absolute atomic E-state index is 0.0993. The Hall–Kier alpha value is -1.52. The molecule has 1 aromatic heterocycles. The predicted molar refractivity (Wildman–Crippen MR) is 75.9 cm³/mol. The van der Waals surface area contributed by atoms with Crippen molar-refractivity contribution in [2.75, 3.05) is 12.3 Å². The Kier molecular flexibility index (Phi) is 4.45. The molecule has 1 aliphatic rings. The Morgan fingerprint density at radius 3 is 2.68 bits per heavy atom. The monoisotopic (exact) mass is 264 g/mol. The summed E-state index contributed by atoms with van der Waals surface area (Å²) in [4.78, 5) is 12.2. The van der Waals surface area contributed by atoms with Crippen LogP contribution < -0.4 is 11.1 Å². The van der Waals surface area contributed by atoms with Crippen LogP contribution in [0.5, 0.6) is 0 Å². The van der Waals surface area contributed by atoms with Crippen molar-refractivity contribution < 1.29 is 4.79 Å². The highest BCUT2D eigenvalue weighted by Crippen LogP contribution is 2.23. The van der Waals surface area contributed by atoms with Crippen LogP contribution in [-0.2, 0) is 13.5 Å². The smallest absolute Gasteiger partial charge is 0.271 e. The summed E-state index contributed by atoms with van der Waals surface area (Å²) in [5.41, 5.74) is 7.79. The number of anilines is 1. The van der Waals surface area contributed by atoms with Crippen LogP contribution in [0.3, 0.4) is 0 Å². The first-order valence-corrected chi connectivity index (χ1v) is 7.23. The van der Waals surface area contributed by atoms with Gasteiger partial charge in [0.05, 0.1) is 11.4 Å². The molecule has 3 N–H and O–H groups in total. The van der Waals surface area contributed by atoms with Gasteiger partial charge in [-0.1, -0.05) is 26.2 Å². The average molecular weight is 264 g/mol. The van der Waals surface area contributed by atoms with Crippen molar-refractivity contribution in [3.05, 3.63) is 11.4 Å². The van der Waals surface area contributed by atoms with Crippen molar-refractivity contribution in [2.24, 2.45) is 13.0 Å². The minimum Gasteiger partial charge on any atom is -0.395 e. The first kappa shape index (κ1) is 13.9. The minimum atomic E-state index is -0.0993. The summed E-state index contributed by atoms with van der Waals surface area (Å²) in [6.45, 7) is 2.74. The van der Waals surface area contributed by atoms with Gasteiger partial charge in [0, 0.05) is 13.6 Å². The van der Waals surface area contributed by atoms with Crippen molar-refractivity contribution in [2.45, 2.75) is 45.4 Å². The molecule has 0 radical (unpaired) electrons. The molecule has 1 aromatic rings. The van der Waals surface area contributed by atoms with Gasteiger partial charge in [-0.3, -0.25) is 9.48 Å². The average Bonchev–Trinajstić information content (AvgIpc) is 2.72. The molecule has 0 spiro atoms. The van der Waals surface area contributed by atoms with Crippen LogP contribution >= 0.6 is 0 Å². The van der Waals surface area contributed by atoms with Crippen LogP contribution in [0.1, 0.15) is 55.2 Å². The number of carbonyl (C=O) groups excluding carboxylic acids is 1. The number of carbonyl (C=O) groups is 1. The summed E-state index contributed by atoms with van der Waals surface area (Å²) in [5.74, 6) is 0.524. The third-order valence-electron chi connectivity index (χ3n) is 3.99. The van der Waals surface area contributed by atoms with E-state index < -0.39 is 0 Å². The van der Waals surface area contributed by atoms with Crippen LogP contribution in [-0.4, -0.2) is 22.2 Å². The Morgan fingerprint density at radius 1 is 1.42 bits per heavy atom. The molecule has 0 aliphatic heterocycles. The zero-order valence-electron chi connectivity index (χ0n) is 11.9. The summed E-state index contributed by atoms with van der Waals surface area (Å²) in [5, 5.41) is 7.28. The van der Waals surface area contributed by atoms with Gasteiger partial charge in [0.1, 0.15) is 5.69 Å². The molecular weight excluding hydrogens is 240 g/mol. The summed E-state index contributed by atoms with van der Waals surface area (Å²) < 4.78 is 1.59. The molecule has 0 aromatic carbocycles. The molecule has 106 valence electrons. The number of nitrogen functional groups attached to an aromatic ring is 1. The number of amides is 1. The Morgan fingerprint density at radius 2 is 2.11 bits per heavy atom. The highest BCUT2D eigenvalue weighted by atomic mass is 16.2. The van der Waals surface area contributed by atoms with Gasteiger partial charge in [0.15, 0.2) is 0 Å². The molecule has 2 rings (SSSR count). The number of hydrogen-bond acceptors (Lipinski definition) is 3. The van der Waals surface area contributed by atoms with Gasteiger partial charge in [-0.15, -0.1) is 0 Å². The molecule has 1 fully saturated rings. The Balaban J connectivity index is 1.97. The van der Waals surface area contributed by atoms with Gasteiger partial charge in [-0.2, -0.15) is 5.10 Å². The molecule has 5 heteroatoms. The second-order valence-corrected chi connectivity index (χ2v) is 5.40. The Labute approximate surface area is 114 Å². The maximum absolute atomic E-state index is 12.2. The molecule has 1 amide bonds. The van der Waals surface area contributed by atoms with Gasteiger partial charge in [-0.25, -0.2) is 0 Å². The van der Waals surface area contributed by atoms with Crippen LogP contribution in [0, 0.1) is 5.92 Å². The van der Waals surface area contributed by atoms with Gasteiger partial charge < -0.3 is 11.1 Å². The summed E-state index contributed by atoms with van der Waals surface area (Å²) >= 11 is 0. The fourth-order valence-electron chi connectivity index (χ4n) is 2.84. The number of aryl methyl sites for hydroxylation is 2. The molecule has 0 bridgehead atoms. The molecule has 0 unspecified atom stereocenters. The standard InChI is InChI=1S/C14H24N4O/c1-3-11-12(15)13(18(2)17-11)14(19)16-9-10-7-5-4-6-8-10/h10H,3-9,15H2,1-2H3,(H,16,19). The quantitative estimate of drug-likeness (QED) is 0.872. The van der Waals surface area contributed by atoms with E-state index in [1.165, 1.54) is 32.1 Å². The summed E-state index contributed by atoms with van der Waals surface area (Å²) in [7, 11) is 1.77. The maximum Gasteiger partial charge on any atom is 0.271 e. The van der Waals surface area contributed by atoms with Crippen molar-refractivity contribution in [3.8, 4) is 0 Å². The highest BCUT2D eigenvalue weighted by molar-refractivity contribution is 5.97. The molecular formula is C14H24N4O. The number of nitrogens with zero attached hydrogens (tertiary/aromatic N) is 2. The van der Waals surface area contributed by atoms with E-state index >= 15 is 0 Å². The van der Waals surface area contributed by atoms with Gasteiger partial charge >= 0.3 is 0 Å². The van der Waals surface area contributed by atoms with Gasteiger partial charge in [0.25, 0.3) is 5.91 Å². The number of rotatable bonds is 4. The fraction of sp³-hybridized carbons (Fsp3) is 0.714. The number of aromatic nitrogens is 2. The van der Waals surface area contributed by atoms with Gasteiger partial charge in [-0.05, 0) is 25.2 Å². The van der Waals surface area contributed by atoms with Crippen LogP contribution in [0.4, 0.5) is 5.69 Å². The van der Waals surface area contributed by atoms with Crippen LogP contribution in [0.15, 0.2) is 0 Å². The fourth-order valence-corrected chi connectivity index (χ4v) is 2.84. The van der Waals surface area contributed by atoms with Gasteiger partial charge in [0.2, 0.25) is 0 Å². The molecule has 19 heavy (non-hydrogen) atoms. The third-order valence-corrected chi connectivity index (χ3v) is 3.99. The van der Waals surface area contributed by atoms with Crippen molar-refractivity contribution >= 4 is 11.6 Å². The van der Waals surface area contributed by atoms with E-state index in [-0.39, 0.29) is 5.91 Å². The third kappa shape index (κ3) is 3.08. The van der Waals surface area contributed by atoms with E-state index in [0.29, 0.717) is 17.3 Å². The van der Waals surface area contributed by atoms with E-state index in [4.69, 9.17) is 5.73 Å². The van der Waals surface area contributed by atoms with Crippen molar-refractivity contribution in [3.63, 3.8) is 0 Å². The lowest BCUT2D eigenvalue weighted by atomic mass is 9.89. The molecule has 1 aliphatic carbocycles. The second-order valence-electron chi connectivity index (χ2n) is 5.40. The lowest BCUT2D eigenvalue weighted by Gasteiger charge is -2.21. The van der Waals surface area contributed by atoms with Crippen LogP contribution in [0.2, 0.25) is 0 Å². The number of nitrogens with two attached hydrogens (primary N) is 1. The molecule has 0 atom stereocenters. The molecule has 0 saturated heterocycles. The van der Waals surface area contributed by atoms with E-state index in [1.54, 1.807) is 11.7 Å². The molecule has 5 nitrogen and oxygen atoms in total. The summed E-state index contributed by atoms with van der Waals surface area (Å²) in [6, 6.07) is 0. The zero-order valence-corrected chi connectivity index (χ0v) is 11.9. The first-order valence-electron chi connectivity index (χ1n) is 7.23. The molecule has 1 heterocycles. The highest BCUT2D eigenvalue weighted by Gasteiger charge is 2.20. The van der Waals surface area contributed by atoms with Crippen molar-refractivity contribution in [1.29, 1.82) is 0 Å². The second kappa shape index (κ2) is 6.08. The first-order chi connectivity index (χ1) is 9.13. The normalized spacial score (nSPS) is 16.5. The lowest BCUT2D eigenvalue weighted by molar-refractivity contribution is 0.0935. The van der Waals surface area contributed by atoms with E-state index in [0.717, 1.165) is 18.7 Å². The van der Waals surface area contributed by atoms with Crippen molar-refractivity contribution in [1.82, 2.24) is 15.1 Å². The van der Waals surface area contributed by atoms with Crippen LogP contribution in [0.25, 0.3) is 0 Å². The topological polar surface area (TPSA) is 72.9 Å². The number of hydrogen-bond donors (Lipinski definition) is 2. The maximum atomic E-state index is 12.2. The SMILES string of the molecule is CCc1nn(C)c(C(=O)NCC2CCCCC2)c1N. The van der Waals surface area contributed by atoms with E-state index in [2.05, 4.69) is 10.4 Å². The zero-order chi connectivity index (χ0) is 13.8. The Bertz CT molecular complexity index is 447. The predicted octanol–water partition coefficient (Wildman–Crippen LogP) is 1.87. The molecule has 1 saturated carbocycles.